The average molecular weight is 576 g/mol. The number of hydrogen-bond donors (Lipinski definition) is 2. The van der Waals surface area contributed by atoms with Crippen molar-refractivity contribution in [1.29, 1.82) is 0 Å². The number of fused-ring (bicyclic) bond motifs is 1. The quantitative estimate of drug-likeness (QED) is 0.205. The molecule has 3 heterocycles. The van der Waals surface area contributed by atoms with E-state index in [1.54, 1.807) is 37.6 Å². The molecule has 3 aromatic heterocycles. The number of pyridine rings is 1. The minimum absolute atomic E-state index is 0.0468. The number of thiophene rings is 1. The molecule has 0 saturated carbocycles. The van der Waals surface area contributed by atoms with Gasteiger partial charge in [-0.3, -0.25) is 9.78 Å². The van der Waals surface area contributed by atoms with Crippen molar-refractivity contribution in [2.45, 2.75) is 26.8 Å². The van der Waals surface area contributed by atoms with E-state index < -0.39 is 5.82 Å². The highest BCUT2D eigenvalue weighted by atomic mass is 32.1. The molecule has 0 fully saturated rings. The van der Waals surface area contributed by atoms with Gasteiger partial charge in [0.1, 0.15) is 17.2 Å². The van der Waals surface area contributed by atoms with Gasteiger partial charge in [-0.25, -0.2) is 9.37 Å². The van der Waals surface area contributed by atoms with Crippen LogP contribution in [0.1, 0.15) is 18.2 Å². The van der Waals surface area contributed by atoms with Gasteiger partial charge in [-0.05, 0) is 50.3 Å². The van der Waals surface area contributed by atoms with E-state index in [4.69, 9.17) is 21.7 Å². The van der Waals surface area contributed by atoms with Gasteiger partial charge in [0.2, 0.25) is 5.91 Å². The van der Waals surface area contributed by atoms with Gasteiger partial charge in [0.05, 0.1) is 35.0 Å². The molecule has 0 radical (unpaired) electrons. The molecule has 5 aromatic rings. The van der Waals surface area contributed by atoms with Crippen LogP contribution in [-0.2, 0) is 17.8 Å². The van der Waals surface area contributed by atoms with Gasteiger partial charge in [-0.1, -0.05) is 18.2 Å². The summed E-state index contributed by atoms with van der Waals surface area (Å²) in [6, 6.07) is 15.3. The molecule has 0 unspecified atom stereocenters. The number of nitrogens with one attached hydrogen (secondary N) is 2. The Morgan fingerprint density at radius 3 is 2.67 bits per heavy atom. The van der Waals surface area contributed by atoms with Gasteiger partial charge in [0.25, 0.3) is 0 Å². The Morgan fingerprint density at radius 2 is 1.93 bits per heavy atom. The Morgan fingerprint density at radius 1 is 1.10 bits per heavy atom. The molecule has 40 heavy (non-hydrogen) atoms. The second kappa shape index (κ2) is 11.8. The summed E-state index contributed by atoms with van der Waals surface area (Å²) in [5.41, 5.74) is 3.80. The molecular formula is C29H26FN5O3S2. The molecule has 0 aliphatic carbocycles. The van der Waals surface area contributed by atoms with E-state index in [0.717, 1.165) is 38.6 Å². The monoisotopic (exact) mass is 575 g/mol. The number of imidazole rings is 1. The van der Waals surface area contributed by atoms with Crippen molar-refractivity contribution < 1.29 is 18.7 Å². The summed E-state index contributed by atoms with van der Waals surface area (Å²) in [4.78, 5) is 22.4. The number of carbonyl (C=O) groups excluding carboxylic acids is 1. The Balaban J connectivity index is 1.27. The van der Waals surface area contributed by atoms with Crippen molar-refractivity contribution in [3.05, 3.63) is 84.2 Å². The lowest BCUT2D eigenvalue weighted by Crippen LogP contribution is -2.35. The zero-order chi connectivity index (χ0) is 28.2. The maximum Gasteiger partial charge on any atom is 0.230 e. The van der Waals surface area contributed by atoms with Crippen LogP contribution in [-0.4, -0.2) is 32.7 Å². The zero-order valence-electron chi connectivity index (χ0n) is 22.0. The van der Waals surface area contributed by atoms with Crippen LogP contribution in [0.2, 0.25) is 0 Å². The van der Waals surface area contributed by atoms with E-state index in [1.807, 2.05) is 31.5 Å². The number of aromatic nitrogens is 3. The predicted octanol–water partition coefficient (Wildman–Crippen LogP) is 6.48. The number of amides is 1. The van der Waals surface area contributed by atoms with Crippen LogP contribution in [0.5, 0.6) is 17.2 Å². The molecule has 0 aliphatic rings. The minimum atomic E-state index is -0.590. The first-order valence-electron chi connectivity index (χ1n) is 12.5. The Kier molecular flexibility index (Phi) is 8.04. The fraction of sp³-hybridized carbons (Fsp3) is 0.172. The molecule has 204 valence electrons. The van der Waals surface area contributed by atoms with Crippen LogP contribution in [0, 0.1) is 12.7 Å². The van der Waals surface area contributed by atoms with Crippen molar-refractivity contribution in [2.75, 3.05) is 12.4 Å². The van der Waals surface area contributed by atoms with Crippen molar-refractivity contribution in [3.8, 4) is 27.8 Å². The van der Waals surface area contributed by atoms with Gasteiger partial charge in [-0.2, -0.15) is 0 Å². The van der Waals surface area contributed by atoms with E-state index in [0.29, 0.717) is 17.2 Å². The third kappa shape index (κ3) is 5.80. The Labute approximate surface area is 239 Å². The van der Waals surface area contributed by atoms with E-state index in [-0.39, 0.29) is 23.2 Å². The molecule has 0 aliphatic heterocycles. The number of benzene rings is 2. The summed E-state index contributed by atoms with van der Waals surface area (Å²) in [6.07, 6.45) is 3.53. The van der Waals surface area contributed by atoms with Crippen LogP contribution >= 0.6 is 23.6 Å². The third-order valence-electron chi connectivity index (χ3n) is 6.26. The first-order chi connectivity index (χ1) is 19.4. The van der Waals surface area contributed by atoms with Gasteiger partial charge < -0.3 is 24.7 Å². The molecule has 11 heteroatoms. The SMILES string of the molecule is CCn1cnc(-c2cc3nccc(Oc4ccc(NC(=S)NC(=O)Cc5ccccc5OC)cc4F)c3s2)c1C. The van der Waals surface area contributed by atoms with Crippen molar-refractivity contribution in [3.63, 3.8) is 0 Å². The van der Waals surface area contributed by atoms with Gasteiger partial charge in [-0.15, -0.1) is 11.3 Å². The first kappa shape index (κ1) is 27.2. The molecule has 2 N–H and O–H groups in total. The van der Waals surface area contributed by atoms with Crippen LogP contribution in [0.3, 0.4) is 0 Å². The Hall–Kier alpha value is -4.35. The van der Waals surface area contributed by atoms with E-state index >= 15 is 4.39 Å². The number of carbonyl (C=O) groups is 1. The number of ether oxygens (including phenoxy) is 2. The average Bonchev–Trinajstić information content (AvgIpc) is 3.53. The van der Waals surface area contributed by atoms with Gasteiger partial charge >= 0.3 is 0 Å². The number of thiocarbonyl (C=S) groups is 1. The van der Waals surface area contributed by atoms with E-state index in [2.05, 4.69) is 32.1 Å². The fourth-order valence-corrected chi connectivity index (χ4v) is 5.60. The van der Waals surface area contributed by atoms with Crippen LogP contribution < -0.4 is 20.1 Å². The lowest BCUT2D eigenvalue weighted by Gasteiger charge is -2.12. The number of halogens is 1. The number of para-hydroxylation sites is 1. The molecule has 2 aromatic carbocycles. The Bertz CT molecular complexity index is 1720. The number of rotatable bonds is 8. The summed E-state index contributed by atoms with van der Waals surface area (Å²) < 4.78 is 29.2. The summed E-state index contributed by atoms with van der Waals surface area (Å²) >= 11 is 6.74. The minimum Gasteiger partial charge on any atom is -0.496 e. The van der Waals surface area contributed by atoms with Crippen LogP contribution in [0.15, 0.2) is 67.1 Å². The molecule has 0 spiro atoms. The number of methoxy groups -OCH3 is 1. The standard InChI is InChI=1S/C29H26FN5O3S2/c1-4-35-16-32-27(17(35)2)25-15-21-28(40-25)24(11-12-31-21)38-23-10-9-19(14-20(23)30)33-29(39)34-26(36)13-18-7-5-6-8-22(18)37-3/h5-12,14-16H,4,13H2,1-3H3,(H2,33,34,36,39). The van der Waals surface area contributed by atoms with E-state index in [9.17, 15) is 4.79 Å². The highest BCUT2D eigenvalue weighted by Gasteiger charge is 2.17. The topological polar surface area (TPSA) is 90.3 Å². The maximum atomic E-state index is 15.1. The molecule has 0 bridgehead atoms. The van der Waals surface area contributed by atoms with Crippen molar-refractivity contribution in [2.24, 2.45) is 0 Å². The molecule has 5 rings (SSSR count). The summed E-state index contributed by atoms with van der Waals surface area (Å²) in [5.74, 6) is 0.239. The number of aryl methyl sites for hydroxylation is 1. The molecule has 8 nitrogen and oxygen atoms in total. The van der Waals surface area contributed by atoms with Crippen molar-refractivity contribution in [1.82, 2.24) is 19.9 Å². The lowest BCUT2D eigenvalue weighted by atomic mass is 10.1. The second-order valence-corrected chi connectivity index (χ2v) is 10.3. The first-order valence-corrected chi connectivity index (χ1v) is 13.7. The lowest BCUT2D eigenvalue weighted by molar-refractivity contribution is -0.119. The van der Waals surface area contributed by atoms with Crippen molar-refractivity contribution >= 4 is 50.5 Å². The summed E-state index contributed by atoms with van der Waals surface area (Å²) in [7, 11) is 1.55. The largest absolute Gasteiger partial charge is 0.496 e. The zero-order valence-corrected chi connectivity index (χ0v) is 23.7. The smallest absolute Gasteiger partial charge is 0.230 e. The van der Waals surface area contributed by atoms with Gasteiger partial charge in [0, 0.05) is 41.8 Å². The number of nitrogens with zero attached hydrogens (tertiary/aromatic N) is 3. The molecular weight excluding hydrogens is 549 g/mol. The van der Waals surface area contributed by atoms with Gasteiger partial charge in [0.15, 0.2) is 16.7 Å². The fourth-order valence-electron chi connectivity index (χ4n) is 4.25. The molecule has 0 saturated heterocycles. The third-order valence-corrected chi connectivity index (χ3v) is 7.61. The molecule has 0 atom stereocenters. The normalized spacial score (nSPS) is 10.9. The molecule has 1 amide bonds. The predicted molar refractivity (Wildman–Crippen MR) is 159 cm³/mol. The maximum absolute atomic E-state index is 15.1. The van der Waals surface area contributed by atoms with E-state index in [1.165, 1.54) is 23.5 Å². The highest BCUT2D eigenvalue weighted by molar-refractivity contribution is 7.80. The second-order valence-electron chi connectivity index (χ2n) is 8.84. The van der Waals surface area contributed by atoms with Crippen LogP contribution in [0.25, 0.3) is 20.8 Å². The van der Waals surface area contributed by atoms with Crippen LogP contribution in [0.4, 0.5) is 10.1 Å². The summed E-state index contributed by atoms with van der Waals surface area (Å²) in [6.45, 7) is 4.93. The summed E-state index contributed by atoms with van der Waals surface area (Å²) in [5, 5.41) is 5.50. The number of hydrogen-bond acceptors (Lipinski definition) is 7. The highest BCUT2D eigenvalue weighted by Crippen LogP contribution is 2.40. The number of anilines is 1.